The Morgan fingerprint density at radius 2 is 1.71 bits per heavy atom. The van der Waals surface area contributed by atoms with Gasteiger partial charge in [-0.3, -0.25) is 9.78 Å². The number of hydrogen-bond donors (Lipinski definition) is 2. The lowest BCUT2D eigenvalue weighted by Crippen LogP contribution is -2.14. The van der Waals surface area contributed by atoms with E-state index >= 15 is 0 Å². The summed E-state index contributed by atoms with van der Waals surface area (Å²) in [6.07, 6.45) is 3.10. The average molecular weight is 381 g/mol. The van der Waals surface area contributed by atoms with Gasteiger partial charge in [-0.15, -0.1) is 0 Å². The van der Waals surface area contributed by atoms with Gasteiger partial charge in [0.15, 0.2) is 0 Å². The summed E-state index contributed by atoms with van der Waals surface area (Å²) in [6, 6.07) is 14.6. The number of amides is 1. The minimum atomic E-state index is -0.359. The van der Waals surface area contributed by atoms with E-state index in [0.29, 0.717) is 30.1 Å². The molecule has 1 amide bonds. The summed E-state index contributed by atoms with van der Waals surface area (Å²) in [4.78, 5) is 16.4. The van der Waals surface area contributed by atoms with E-state index in [4.69, 9.17) is 9.47 Å². The molecule has 0 radical (unpaired) electrons. The van der Waals surface area contributed by atoms with E-state index in [0.717, 1.165) is 11.5 Å². The third-order valence-corrected chi connectivity index (χ3v) is 3.86. The van der Waals surface area contributed by atoms with Gasteiger partial charge >= 0.3 is 0 Å². The van der Waals surface area contributed by atoms with Gasteiger partial charge in [0.2, 0.25) is 0 Å². The molecule has 0 aliphatic rings. The number of nitrogens with one attached hydrogen (secondary N) is 2. The largest absolute Gasteiger partial charge is 0.497 e. The van der Waals surface area contributed by atoms with Gasteiger partial charge in [-0.1, -0.05) is 0 Å². The summed E-state index contributed by atoms with van der Waals surface area (Å²) in [5.41, 5.74) is 1.60. The van der Waals surface area contributed by atoms with E-state index in [1.807, 2.05) is 24.3 Å². The number of hydrogen-bond acceptors (Lipinski definition) is 5. The molecule has 1 heterocycles. The van der Waals surface area contributed by atoms with Crippen LogP contribution in [0.2, 0.25) is 0 Å². The first-order valence-electron chi connectivity index (χ1n) is 8.67. The van der Waals surface area contributed by atoms with Crippen LogP contribution in [0.5, 0.6) is 11.5 Å². The molecule has 0 saturated heterocycles. The van der Waals surface area contributed by atoms with Crippen molar-refractivity contribution in [1.29, 1.82) is 0 Å². The average Bonchev–Trinajstić information content (AvgIpc) is 2.73. The number of rotatable bonds is 8. The highest BCUT2D eigenvalue weighted by atomic mass is 19.1. The monoisotopic (exact) mass is 381 g/mol. The molecular formula is C21H20FN3O3. The topological polar surface area (TPSA) is 72.5 Å². The van der Waals surface area contributed by atoms with Gasteiger partial charge in [0.1, 0.15) is 23.9 Å². The van der Waals surface area contributed by atoms with Crippen molar-refractivity contribution >= 4 is 17.3 Å². The molecule has 0 aliphatic carbocycles. The maximum atomic E-state index is 12.9. The molecule has 0 aliphatic heterocycles. The summed E-state index contributed by atoms with van der Waals surface area (Å²) in [6.45, 7) is 0.981. The summed E-state index contributed by atoms with van der Waals surface area (Å²) < 4.78 is 23.7. The number of aromatic nitrogens is 1. The molecule has 3 aromatic rings. The van der Waals surface area contributed by atoms with Crippen LogP contribution in [0.3, 0.4) is 0 Å². The van der Waals surface area contributed by atoms with E-state index in [1.165, 1.54) is 30.5 Å². The molecule has 2 aromatic carbocycles. The predicted molar refractivity (Wildman–Crippen MR) is 106 cm³/mol. The standard InChI is InChI=1S/C21H20FN3O3/c1-27-19-6-8-20(9-7-19)28-11-10-24-18-12-15(13-23-14-18)21(26)25-17-4-2-16(22)3-5-17/h2-9,12-14,24H,10-11H2,1H3,(H,25,26). The molecule has 3 rings (SSSR count). The molecule has 6 nitrogen and oxygen atoms in total. The van der Waals surface area contributed by atoms with Gasteiger partial charge in [0, 0.05) is 24.6 Å². The Kier molecular flexibility index (Phi) is 6.41. The van der Waals surface area contributed by atoms with Crippen LogP contribution in [0, 0.1) is 5.82 Å². The van der Waals surface area contributed by atoms with Crippen LogP contribution in [0.25, 0.3) is 0 Å². The molecule has 1 aromatic heterocycles. The van der Waals surface area contributed by atoms with Crippen LogP contribution in [-0.2, 0) is 0 Å². The highest BCUT2D eigenvalue weighted by Crippen LogP contribution is 2.17. The van der Waals surface area contributed by atoms with Gasteiger partial charge in [0.25, 0.3) is 5.91 Å². The van der Waals surface area contributed by atoms with Crippen molar-refractivity contribution in [3.8, 4) is 11.5 Å². The van der Waals surface area contributed by atoms with E-state index < -0.39 is 0 Å². The number of anilines is 2. The molecule has 28 heavy (non-hydrogen) atoms. The van der Waals surface area contributed by atoms with Crippen molar-refractivity contribution in [2.75, 3.05) is 30.9 Å². The highest BCUT2D eigenvalue weighted by molar-refractivity contribution is 6.04. The number of carbonyl (C=O) groups is 1. The molecule has 2 N–H and O–H groups in total. The van der Waals surface area contributed by atoms with E-state index in [9.17, 15) is 9.18 Å². The molecule has 0 bridgehead atoms. The van der Waals surface area contributed by atoms with Crippen LogP contribution in [-0.4, -0.2) is 31.2 Å². The van der Waals surface area contributed by atoms with Crippen LogP contribution in [0.1, 0.15) is 10.4 Å². The lowest BCUT2D eigenvalue weighted by atomic mass is 10.2. The molecule has 0 unspecified atom stereocenters. The fourth-order valence-electron chi connectivity index (χ4n) is 2.43. The van der Waals surface area contributed by atoms with Gasteiger partial charge < -0.3 is 20.1 Å². The SMILES string of the molecule is COc1ccc(OCCNc2cncc(C(=O)Nc3ccc(F)cc3)c2)cc1. The van der Waals surface area contributed by atoms with Crippen molar-refractivity contribution in [2.45, 2.75) is 0 Å². The van der Waals surface area contributed by atoms with Crippen molar-refractivity contribution in [1.82, 2.24) is 4.98 Å². The van der Waals surface area contributed by atoms with Crippen LogP contribution in [0.4, 0.5) is 15.8 Å². The third kappa shape index (κ3) is 5.44. The van der Waals surface area contributed by atoms with Crippen LogP contribution >= 0.6 is 0 Å². The molecule has 0 saturated carbocycles. The number of carbonyl (C=O) groups excluding carboxylic acids is 1. The molecular weight excluding hydrogens is 361 g/mol. The summed E-state index contributed by atoms with van der Waals surface area (Å²) in [7, 11) is 1.61. The third-order valence-electron chi connectivity index (χ3n) is 3.86. The van der Waals surface area contributed by atoms with Gasteiger partial charge in [-0.25, -0.2) is 4.39 Å². The van der Waals surface area contributed by atoms with Crippen molar-refractivity contribution < 1.29 is 18.7 Å². The fraction of sp³-hybridized carbons (Fsp3) is 0.143. The fourth-order valence-corrected chi connectivity index (χ4v) is 2.43. The first-order chi connectivity index (χ1) is 13.6. The van der Waals surface area contributed by atoms with Crippen molar-refractivity contribution in [3.05, 3.63) is 78.4 Å². The quantitative estimate of drug-likeness (QED) is 0.578. The maximum Gasteiger partial charge on any atom is 0.257 e. The zero-order chi connectivity index (χ0) is 19.8. The molecule has 0 spiro atoms. The van der Waals surface area contributed by atoms with Crippen LogP contribution in [0.15, 0.2) is 67.0 Å². The lowest BCUT2D eigenvalue weighted by molar-refractivity contribution is 0.102. The minimum Gasteiger partial charge on any atom is -0.497 e. The van der Waals surface area contributed by atoms with E-state index in [1.54, 1.807) is 19.4 Å². The molecule has 7 heteroatoms. The maximum absolute atomic E-state index is 12.9. The van der Waals surface area contributed by atoms with E-state index in [2.05, 4.69) is 15.6 Å². The number of methoxy groups -OCH3 is 1. The molecule has 144 valence electrons. The van der Waals surface area contributed by atoms with Crippen LogP contribution < -0.4 is 20.1 Å². The normalized spacial score (nSPS) is 10.2. The second-order valence-corrected chi connectivity index (χ2v) is 5.87. The first kappa shape index (κ1) is 19.2. The van der Waals surface area contributed by atoms with Gasteiger partial charge in [0.05, 0.1) is 18.4 Å². The smallest absolute Gasteiger partial charge is 0.257 e. The first-order valence-corrected chi connectivity index (χ1v) is 8.67. The van der Waals surface area contributed by atoms with E-state index in [-0.39, 0.29) is 11.7 Å². The number of pyridine rings is 1. The summed E-state index contributed by atoms with van der Waals surface area (Å²) >= 11 is 0. The number of halogens is 1. The highest BCUT2D eigenvalue weighted by Gasteiger charge is 2.08. The minimum absolute atomic E-state index is 0.322. The zero-order valence-electron chi connectivity index (χ0n) is 15.3. The number of nitrogens with zero attached hydrogens (tertiary/aromatic N) is 1. The molecule has 0 atom stereocenters. The lowest BCUT2D eigenvalue weighted by Gasteiger charge is -2.10. The Balaban J connectivity index is 1.49. The Morgan fingerprint density at radius 3 is 2.43 bits per heavy atom. The Morgan fingerprint density at radius 1 is 1.00 bits per heavy atom. The second-order valence-electron chi connectivity index (χ2n) is 5.87. The van der Waals surface area contributed by atoms with Gasteiger partial charge in [-0.05, 0) is 54.6 Å². The van der Waals surface area contributed by atoms with Crippen molar-refractivity contribution in [2.24, 2.45) is 0 Å². The zero-order valence-corrected chi connectivity index (χ0v) is 15.3. The number of benzene rings is 2. The van der Waals surface area contributed by atoms with Gasteiger partial charge in [-0.2, -0.15) is 0 Å². The number of ether oxygens (including phenoxy) is 2. The summed E-state index contributed by atoms with van der Waals surface area (Å²) in [5, 5.41) is 5.86. The second kappa shape index (κ2) is 9.36. The van der Waals surface area contributed by atoms with Crippen molar-refractivity contribution in [3.63, 3.8) is 0 Å². The Labute approximate surface area is 162 Å². The Hall–Kier alpha value is -3.61. The Bertz CT molecular complexity index is 915. The molecule has 0 fully saturated rings. The predicted octanol–water partition coefficient (Wildman–Crippen LogP) is 3.97. The summed E-state index contributed by atoms with van der Waals surface area (Å²) in [5.74, 6) is 0.834.